The maximum absolute atomic E-state index is 12.3. The van der Waals surface area contributed by atoms with Gasteiger partial charge in [-0.05, 0) is 41.6 Å². The van der Waals surface area contributed by atoms with Crippen molar-refractivity contribution < 1.29 is 4.79 Å². The zero-order chi connectivity index (χ0) is 15.4. The number of carbonyl (C=O) groups is 1. The van der Waals surface area contributed by atoms with Gasteiger partial charge in [-0.15, -0.1) is 11.3 Å². The van der Waals surface area contributed by atoms with Crippen LogP contribution in [0.1, 0.15) is 28.9 Å². The fourth-order valence-electron chi connectivity index (χ4n) is 2.33. The second-order valence-electron chi connectivity index (χ2n) is 5.16. The number of rotatable bonds is 4. The second-order valence-corrected chi connectivity index (χ2v) is 6.11. The molecule has 0 saturated heterocycles. The van der Waals surface area contributed by atoms with Gasteiger partial charge in [-0.3, -0.25) is 4.79 Å². The summed E-state index contributed by atoms with van der Waals surface area (Å²) in [6.07, 6.45) is 0. The highest BCUT2D eigenvalue weighted by Gasteiger charge is 2.11. The lowest BCUT2D eigenvalue weighted by Crippen LogP contribution is -2.26. The number of hydrogen-bond acceptors (Lipinski definition) is 2. The zero-order valence-corrected chi connectivity index (χ0v) is 13.1. The van der Waals surface area contributed by atoms with Crippen LogP contribution < -0.4 is 5.32 Å². The summed E-state index contributed by atoms with van der Waals surface area (Å²) in [5.74, 6) is -0.0471. The topological polar surface area (TPSA) is 29.1 Å². The monoisotopic (exact) mass is 307 g/mol. The van der Waals surface area contributed by atoms with Crippen molar-refractivity contribution in [3.63, 3.8) is 0 Å². The van der Waals surface area contributed by atoms with Crippen LogP contribution >= 0.6 is 11.3 Å². The highest BCUT2D eigenvalue weighted by molar-refractivity contribution is 7.13. The average Bonchev–Trinajstić information content (AvgIpc) is 3.10. The maximum atomic E-state index is 12.3. The third kappa shape index (κ3) is 3.26. The van der Waals surface area contributed by atoms with Gasteiger partial charge in [-0.2, -0.15) is 0 Å². The number of amides is 1. The summed E-state index contributed by atoms with van der Waals surface area (Å²) >= 11 is 1.70. The van der Waals surface area contributed by atoms with E-state index in [2.05, 4.69) is 16.8 Å². The minimum atomic E-state index is -0.0471. The predicted octanol–water partition coefficient (Wildman–Crippen LogP) is 4.91. The molecule has 0 aliphatic carbocycles. The molecule has 1 amide bonds. The molecular weight excluding hydrogens is 290 g/mol. The molecule has 0 bridgehead atoms. The van der Waals surface area contributed by atoms with Crippen LogP contribution in [-0.2, 0) is 0 Å². The summed E-state index contributed by atoms with van der Waals surface area (Å²) in [4.78, 5) is 13.5. The molecule has 22 heavy (non-hydrogen) atoms. The van der Waals surface area contributed by atoms with E-state index in [9.17, 15) is 4.79 Å². The third-order valence-electron chi connectivity index (χ3n) is 3.60. The molecule has 1 N–H and O–H groups in total. The molecule has 3 rings (SSSR count). The predicted molar refractivity (Wildman–Crippen MR) is 92.1 cm³/mol. The summed E-state index contributed by atoms with van der Waals surface area (Å²) in [7, 11) is 0. The standard InChI is InChI=1S/C19H17NOS/c1-14(15-6-3-2-4-7-15)20-19(21)17-11-9-16(10-12-17)18-8-5-13-22-18/h2-14H,1H3,(H,20,21)/t14-/m1/s1. The number of hydrogen-bond donors (Lipinski definition) is 1. The SMILES string of the molecule is C[C@@H](NC(=O)c1ccc(-c2cccs2)cc1)c1ccccc1. The summed E-state index contributed by atoms with van der Waals surface area (Å²) < 4.78 is 0. The van der Waals surface area contributed by atoms with E-state index in [0.717, 1.165) is 11.1 Å². The molecule has 0 aliphatic rings. The summed E-state index contributed by atoms with van der Waals surface area (Å²) in [6, 6.07) is 21.8. The van der Waals surface area contributed by atoms with Crippen molar-refractivity contribution in [2.75, 3.05) is 0 Å². The molecule has 0 fully saturated rings. The van der Waals surface area contributed by atoms with Gasteiger partial charge in [-0.25, -0.2) is 0 Å². The Labute approximate surface area is 134 Å². The zero-order valence-electron chi connectivity index (χ0n) is 12.3. The molecule has 1 heterocycles. The van der Waals surface area contributed by atoms with E-state index in [-0.39, 0.29) is 11.9 Å². The molecule has 0 radical (unpaired) electrons. The molecule has 0 spiro atoms. The van der Waals surface area contributed by atoms with E-state index in [4.69, 9.17) is 0 Å². The molecule has 3 heteroatoms. The van der Waals surface area contributed by atoms with Crippen LogP contribution in [0.25, 0.3) is 10.4 Å². The van der Waals surface area contributed by atoms with Crippen molar-refractivity contribution >= 4 is 17.2 Å². The lowest BCUT2D eigenvalue weighted by molar-refractivity contribution is 0.0940. The molecule has 0 aliphatic heterocycles. The van der Waals surface area contributed by atoms with E-state index in [1.807, 2.05) is 67.6 Å². The average molecular weight is 307 g/mol. The number of benzene rings is 2. The van der Waals surface area contributed by atoms with Crippen LogP contribution in [0.2, 0.25) is 0 Å². The van der Waals surface area contributed by atoms with Gasteiger partial charge in [-0.1, -0.05) is 48.5 Å². The van der Waals surface area contributed by atoms with Crippen LogP contribution in [0.4, 0.5) is 0 Å². The molecule has 1 aromatic heterocycles. The molecular formula is C19H17NOS. The van der Waals surface area contributed by atoms with Gasteiger partial charge in [0.15, 0.2) is 0 Å². The van der Waals surface area contributed by atoms with Gasteiger partial charge < -0.3 is 5.32 Å². The van der Waals surface area contributed by atoms with Crippen LogP contribution in [-0.4, -0.2) is 5.91 Å². The van der Waals surface area contributed by atoms with Crippen molar-refractivity contribution in [3.8, 4) is 10.4 Å². The summed E-state index contributed by atoms with van der Waals surface area (Å²) in [5, 5.41) is 5.08. The molecule has 1 atom stereocenters. The Hall–Kier alpha value is -2.39. The van der Waals surface area contributed by atoms with Crippen LogP contribution in [0.15, 0.2) is 72.1 Å². The van der Waals surface area contributed by atoms with E-state index in [1.165, 1.54) is 4.88 Å². The molecule has 3 aromatic rings. The van der Waals surface area contributed by atoms with Crippen molar-refractivity contribution in [1.82, 2.24) is 5.32 Å². The Bertz CT molecular complexity index is 733. The minimum absolute atomic E-state index is 0.00864. The van der Waals surface area contributed by atoms with Crippen molar-refractivity contribution in [2.45, 2.75) is 13.0 Å². The Kier molecular flexibility index (Phi) is 4.35. The smallest absolute Gasteiger partial charge is 0.251 e. The first kappa shape index (κ1) is 14.5. The largest absolute Gasteiger partial charge is 0.346 e. The van der Waals surface area contributed by atoms with E-state index < -0.39 is 0 Å². The van der Waals surface area contributed by atoms with Crippen LogP contribution in [0, 0.1) is 0 Å². The van der Waals surface area contributed by atoms with Crippen molar-refractivity contribution in [3.05, 3.63) is 83.2 Å². The van der Waals surface area contributed by atoms with Crippen LogP contribution in [0.3, 0.4) is 0 Å². The quantitative estimate of drug-likeness (QED) is 0.729. The first-order valence-corrected chi connectivity index (χ1v) is 8.12. The van der Waals surface area contributed by atoms with Gasteiger partial charge in [0.25, 0.3) is 5.91 Å². The molecule has 0 saturated carbocycles. The van der Waals surface area contributed by atoms with Gasteiger partial charge in [0, 0.05) is 10.4 Å². The van der Waals surface area contributed by atoms with Gasteiger partial charge in [0.2, 0.25) is 0 Å². The van der Waals surface area contributed by atoms with Crippen molar-refractivity contribution in [2.24, 2.45) is 0 Å². The maximum Gasteiger partial charge on any atom is 0.251 e. The minimum Gasteiger partial charge on any atom is -0.346 e. The third-order valence-corrected chi connectivity index (χ3v) is 4.52. The highest BCUT2D eigenvalue weighted by atomic mass is 32.1. The van der Waals surface area contributed by atoms with Crippen LogP contribution in [0.5, 0.6) is 0 Å². The van der Waals surface area contributed by atoms with E-state index in [0.29, 0.717) is 5.56 Å². The Morgan fingerprint density at radius 2 is 1.68 bits per heavy atom. The Morgan fingerprint density at radius 1 is 0.955 bits per heavy atom. The van der Waals surface area contributed by atoms with Gasteiger partial charge in [0.1, 0.15) is 0 Å². The fourth-order valence-corrected chi connectivity index (χ4v) is 3.07. The first-order chi connectivity index (χ1) is 10.7. The second kappa shape index (κ2) is 6.58. The van der Waals surface area contributed by atoms with E-state index >= 15 is 0 Å². The number of carbonyl (C=O) groups excluding carboxylic acids is 1. The Morgan fingerprint density at radius 3 is 2.32 bits per heavy atom. The van der Waals surface area contributed by atoms with Gasteiger partial charge >= 0.3 is 0 Å². The van der Waals surface area contributed by atoms with Crippen molar-refractivity contribution in [1.29, 1.82) is 0 Å². The highest BCUT2D eigenvalue weighted by Crippen LogP contribution is 2.24. The molecule has 2 aromatic carbocycles. The normalized spacial score (nSPS) is 11.9. The molecule has 2 nitrogen and oxygen atoms in total. The molecule has 0 unspecified atom stereocenters. The summed E-state index contributed by atoms with van der Waals surface area (Å²) in [5.41, 5.74) is 2.93. The lowest BCUT2D eigenvalue weighted by atomic mass is 10.1. The van der Waals surface area contributed by atoms with E-state index in [1.54, 1.807) is 11.3 Å². The first-order valence-electron chi connectivity index (χ1n) is 7.24. The summed E-state index contributed by atoms with van der Waals surface area (Å²) in [6.45, 7) is 1.99. The number of nitrogens with one attached hydrogen (secondary N) is 1. The Balaban J connectivity index is 1.70. The van der Waals surface area contributed by atoms with Gasteiger partial charge in [0.05, 0.1) is 6.04 Å². The lowest BCUT2D eigenvalue weighted by Gasteiger charge is -2.14. The fraction of sp³-hybridized carbons (Fsp3) is 0.105. The molecule has 110 valence electrons. The number of thiophene rings is 1.